The van der Waals surface area contributed by atoms with E-state index in [2.05, 4.69) is 21.4 Å². The average Bonchev–Trinajstić information content (AvgIpc) is 2.80. The van der Waals surface area contributed by atoms with Crippen molar-refractivity contribution in [1.29, 1.82) is 0 Å². The molecule has 1 heterocycles. The minimum absolute atomic E-state index is 0.129. The number of aliphatic hydroxyl groups excluding tert-OH is 1. The summed E-state index contributed by atoms with van der Waals surface area (Å²) in [5.74, 6) is -0.129. The molecule has 1 fully saturated rings. The summed E-state index contributed by atoms with van der Waals surface area (Å²) in [6.45, 7) is 6.59. The van der Waals surface area contributed by atoms with Crippen LogP contribution in [0.15, 0.2) is 39.3 Å². The zero-order valence-corrected chi connectivity index (χ0v) is 17.4. The molecule has 0 radical (unpaired) electrons. The van der Waals surface area contributed by atoms with E-state index in [0.29, 0.717) is 6.54 Å². The second kappa shape index (κ2) is 6.26. The molecule has 0 amide bonds. The minimum atomic E-state index is -3.54. The first kappa shape index (κ1) is 18.0. The predicted molar refractivity (Wildman–Crippen MR) is 91.9 cm³/mol. The number of rotatable bonds is 4. The van der Waals surface area contributed by atoms with Crippen LogP contribution < -0.4 is 0 Å². The molecule has 1 aliphatic rings. The predicted octanol–water partition coefficient (Wildman–Crippen LogP) is 2.41. The van der Waals surface area contributed by atoms with Crippen molar-refractivity contribution in [1.82, 2.24) is 4.31 Å². The Balaban J connectivity index is 2.25. The summed E-state index contributed by atoms with van der Waals surface area (Å²) in [5.41, 5.74) is 1.02. The number of sulfonamides is 1. The molecule has 22 heavy (non-hydrogen) atoms. The molecule has 1 N–H and O–H groups in total. The van der Waals surface area contributed by atoms with Crippen molar-refractivity contribution in [3.8, 4) is 0 Å². The van der Waals surface area contributed by atoms with Gasteiger partial charge in [-0.25, -0.2) is 0 Å². The van der Waals surface area contributed by atoms with E-state index in [1.807, 2.05) is 6.92 Å². The van der Waals surface area contributed by atoms with Gasteiger partial charge in [0.2, 0.25) is 0 Å². The van der Waals surface area contributed by atoms with Gasteiger partial charge in [0.05, 0.1) is 0 Å². The molecule has 2 rings (SSSR count). The zero-order valence-electron chi connectivity index (χ0n) is 13.7. The number of nitrogens with zero attached hydrogens (tertiary/aromatic N) is 1. The monoisotopic (exact) mass is 431 g/mol. The van der Waals surface area contributed by atoms with Gasteiger partial charge in [0.15, 0.2) is 0 Å². The van der Waals surface area contributed by atoms with E-state index < -0.39 is 34.5 Å². The Kier molecular flexibility index (Phi) is 5.12. The van der Waals surface area contributed by atoms with Gasteiger partial charge in [-0.2, -0.15) is 0 Å². The summed E-state index contributed by atoms with van der Waals surface area (Å²) in [5, 5.41) is 10.3. The van der Waals surface area contributed by atoms with E-state index in [0.717, 1.165) is 9.15 Å². The molecular weight excluding hydrogens is 405 g/mol. The first-order chi connectivity index (χ1) is 10.0. The van der Waals surface area contributed by atoms with E-state index in [1.54, 1.807) is 24.3 Å². The van der Waals surface area contributed by atoms with Crippen LogP contribution in [0.1, 0.15) is 5.56 Å². The molecule has 1 aromatic carbocycles. The standard InChI is InChI=1S/C13H16NO3S.3CH3.Sn/c1-3-11-8-14(9-13(11)15)18(16,17)12-6-4-10(2)5-7-12;;;;/h4-7,11,13,15H,1,8-9H2,2H3;3*1H3;/t11-,13-;;;;/m0..../s1. The first-order valence-corrected chi connectivity index (χ1v) is 18.9. The van der Waals surface area contributed by atoms with Crippen LogP contribution in [0.3, 0.4) is 0 Å². The summed E-state index contributed by atoms with van der Waals surface area (Å²) >= 11 is -2.37. The zero-order chi connectivity index (χ0) is 16.7. The molecule has 0 bridgehead atoms. The maximum absolute atomic E-state index is 12.7. The van der Waals surface area contributed by atoms with Crippen LogP contribution in [0.4, 0.5) is 0 Å². The average molecular weight is 430 g/mol. The van der Waals surface area contributed by atoms with Crippen LogP contribution in [0.5, 0.6) is 0 Å². The van der Waals surface area contributed by atoms with Crippen molar-refractivity contribution in [3.63, 3.8) is 0 Å². The van der Waals surface area contributed by atoms with Gasteiger partial charge in [0.25, 0.3) is 0 Å². The van der Waals surface area contributed by atoms with Gasteiger partial charge in [-0.3, -0.25) is 0 Å². The van der Waals surface area contributed by atoms with E-state index in [1.165, 1.54) is 4.31 Å². The van der Waals surface area contributed by atoms with Gasteiger partial charge in [0, 0.05) is 0 Å². The molecule has 4 nitrogen and oxygen atoms in total. The van der Waals surface area contributed by atoms with E-state index >= 15 is 0 Å². The quantitative estimate of drug-likeness (QED) is 0.747. The Morgan fingerprint density at radius 2 is 1.77 bits per heavy atom. The number of aryl methyl sites for hydroxylation is 1. The number of β-amino-alcohol motifs (C(OH)–C–C–N with tert-alkyl or cyclic N) is 1. The second-order valence-electron chi connectivity index (χ2n) is 7.08. The summed E-state index contributed by atoms with van der Waals surface area (Å²) in [7, 11) is -3.54. The van der Waals surface area contributed by atoms with Crippen LogP contribution >= 0.6 is 0 Å². The second-order valence-corrected chi connectivity index (χ2v) is 23.7. The summed E-state index contributed by atoms with van der Waals surface area (Å²) in [6, 6.07) is 6.84. The van der Waals surface area contributed by atoms with Gasteiger partial charge in [-0.15, -0.1) is 0 Å². The van der Waals surface area contributed by atoms with Crippen molar-refractivity contribution in [2.24, 2.45) is 5.92 Å². The molecule has 6 heteroatoms. The number of hydrogen-bond donors (Lipinski definition) is 1. The number of hydrogen-bond acceptors (Lipinski definition) is 3. The van der Waals surface area contributed by atoms with Crippen LogP contribution in [0.25, 0.3) is 0 Å². The molecule has 2 atom stereocenters. The molecule has 1 saturated heterocycles. The fourth-order valence-electron chi connectivity index (χ4n) is 2.71. The Labute approximate surface area is 137 Å². The van der Waals surface area contributed by atoms with Gasteiger partial charge in [-0.05, 0) is 0 Å². The van der Waals surface area contributed by atoms with Crippen LogP contribution in [0, 0.1) is 12.8 Å². The van der Waals surface area contributed by atoms with E-state index in [-0.39, 0.29) is 17.4 Å². The van der Waals surface area contributed by atoms with E-state index in [9.17, 15) is 13.5 Å². The Bertz CT molecular complexity index is 662. The Morgan fingerprint density at radius 3 is 2.27 bits per heavy atom. The Hall–Kier alpha value is -0.371. The Morgan fingerprint density at radius 1 is 1.23 bits per heavy atom. The summed E-state index contributed by atoms with van der Waals surface area (Å²) in [4.78, 5) is 7.00. The molecular formula is C16H25NO3SSn. The van der Waals surface area contributed by atoms with Crippen LogP contribution in [0.2, 0.25) is 14.8 Å². The third kappa shape index (κ3) is 3.58. The molecule has 1 aliphatic heterocycles. The van der Waals surface area contributed by atoms with Gasteiger partial charge < -0.3 is 0 Å². The molecule has 122 valence electrons. The van der Waals surface area contributed by atoms with Crippen molar-refractivity contribution in [3.05, 3.63) is 40.0 Å². The number of benzene rings is 1. The third-order valence-corrected chi connectivity index (χ3v) is 12.7. The fraction of sp³-hybridized carbons (Fsp3) is 0.500. The number of aliphatic hydroxyl groups is 1. The first-order valence-electron chi connectivity index (χ1n) is 7.47. The van der Waals surface area contributed by atoms with Crippen LogP contribution in [-0.2, 0) is 10.0 Å². The van der Waals surface area contributed by atoms with Crippen molar-refractivity contribution in [2.75, 3.05) is 13.1 Å². The van der Waals surface area contributed by atoms with Crippen molar-refractivity contribution < 1.29 is 13.5 Å². The maximum atomic E-state index is 12.7. The fourth-order valence-corrected chi connectivity index (χ4v) is 8.17. The normalized spacial score (nSPS) is 23.7. The molecule has 0 unspecified atom stereocenters. The van der Waals surface area contributed by atoms with Gasteiger partial charge in [0.1, 0.15) is 0 Å². The molecule has 0 aromatic heterocycles. The SMILES string of the molecule is C=[C]([C@H]1CN(S(=O)(=O)c2ccc(C)cc2)C[C@@H]1O)[Sn]([CH3])([CH3])[CH3]. The van der Waals surface area contributed by atoms with Gasteiger partial charge in [-0.1, -0.05) is 0 Å². The molecule has 0 aliphatic carbocycles. The summed E-state index contributed by atoms with van der Waals surface area (Å²) < 4.78 is 27.9. The van der Waals surface area contributed by atoms with Crippen molar-refractivity contribution in [2.45, 2.75) is 32.7 Å². The molecule has 1 aromatic rings. The third-order valence-electron chi connectivity index (χ3n) is 4.33. The molecule has 0 saturated carbocycles. The molecule has 0 spiro atoms. The topological polar surface area (TPSA) is 57.6 Å². The van der Waals surface area contributed by atoms with Gasteiger partial charge >= 0.3 is 138 Å². The van der Waals surface area contributed by atoms with Crippen LogP contribution in [-0.4, -0.2) is 55.4 Å². The summed E-state index contributed by atoms with van der Waals surface area (Å²) in [6.07, 6.45) is -0.649. The van der Waals surface area contributed by atoms with Crippen molar-refractivity contribution >= 4 is 28.4 Å². The van der Waals surface area contributed by atoms with E-state index in [4.69, 9.17) is 0 Å².